The molecule has 1 aliphatic heterocycles. The van der Waals surface area contributed by atoms with E-state index in [2.05, 4.69) is 13.8 Å². The zero-order chi connectivity index (χ0) is 17.1. The standard InChI is InChI=1S/C17H21F2NO3/c1-10(2)7-11(3)20-9-12(8-15(20)21)23-17-13(18)5-6-14(22-4)16(17)19/h5-6,8,10-11H,7,9H2,1-4H3. The molecule has 1 atom stereocenters. The largest absolute Gasteiger partial charge is 0.494 e. The second-order valence-electron chi connectivity index (χ2n) is 6.05. The van der Waals surface area contributed by atoms with E-state index >= 15 is 0 Å². The summed E-state index contributed by atoms with van der Waals surface area (Å²) < 4.78 is 38.0. The lowest BCUT2D eigenvalue weighted by Gasteiger charge is -2.26. The molecular formula is C17H21F2NO3. The Hall–Kier alpha value is -2.11. The van der Waals surface area contributed by atoms with Gasteiger partial charge in [0.05, 0.1) is 13.7 Å². The second kappa shape index (κ2) is 6.98. The first kappa shape index (κ1) is 17.2. The molecule has 0 aliphatic carbocycles. The lowest BCUT2D eigenvalue weighted by Crippen LogP contribution is -2.36. The van der Waals surface area contributed by atoms with E-state index in [0.717, 1.165) is 12.5 Å². The van der Waals surface area contributed by atoms with E-state index in [4.69, 9.17) is 9.47 Å². The topological polar surface area (TPSA) is 38.8 Å². The molecule has 6 heteroatoms. The van der Waals surface area contributed by atoms with Crippen LogP contribution in [0.1, 0.15) is 27.2 Å². The fourth-order valence-corrected chi connectivity index (χ4v) is 2.65. The van der Waals surface area contributed by atoms with Gasteiger partial charge in [-0.2, -0.15) is 4.39 Å². The predicted molar refractivity (Wildman–Crippen MR) is 82.3 cm³/mol. The van der Waals surface area contributed by atoms with Gasteiger partial charge in [0.15, 0.2) is 11.6 Å². The van der Waals surface area contributed by atoms with Crippen LogP contribution in [0.3, 0.4) is 0 Å². The molecule has 0 saturated carbocycles. The van der Waals surface area contributed by atoms with Gasteiger partial charge in [-0.05, 0) is 31.4 Å². The van der Waals surface area contributed by atoms with Crippen molar-refractivity contribution in [2.24, 2.45) is 5.92 Å². The van der Waals surface area contributed by atoms with Crippen LogP contribution in [0.5, 0.6) is 11.5 Å². The van der Waals surface area contributed by atoms with E-state index in [1.165, 1.54) is 19.3 Å². The van der Waals surface area contributed by atoms with Crippen LogP contribution >= 0.6 is 0 Å². The van der Waals surface area contributed by atoms with Crippen LogP contribution in [0.25, 0.3) is 0 Å². The number of carbonyl (C=O) groups excluding carboxylic acids is 1. The molecule has 1 aromatic carbocycles. The number of hydrogen-bond donors (Lipinski definition) is 0. The summed E-state index contributed by atoms with van der Waals surface area (Å²) in [4.78, 5) is 13.7. The van der Waals surface area contributed by atoms with Crippen LogP contribution in [-0.4, -0.2) is 30.5 Å². The predicted octanol–water partition coefficient (Wildman–Crippen LogP) is 3.51. The molecule has 2 rings (SSSR count). The van der Waals surface area contributed by atoms with Gasteiger partial charge in [-0.3, -0.25) is 4.79 Å². The minimum Gasteiger partial charge on any atom is -0.494 e. The highest BCUT2D eigenvalue weighted by atomic mass is 19.1. The monoisotopic (exact) mass is 325 g/mol. The van der Waals surface area contributed by atoms with E-state index in [0.29, 0.717) is 5.92 Å². The average molecular weight is 325 g/mol. The highest BCUT2D eigenvalue weighted by molar-refractivity contribution is 5.91. The van der Waals surface area contributed by atoms with Gasteiger partial charge in [-0.25, -0.2) is 4.39 Å². The van der Waals surface area contributed by atoms with E-state index in [-0.39, 0.29) is 30.0 Å². The van der Waals surface area contributed by atoms with E-state index in [1.807, 2.05) is 6.92 Å². The van der Waals surface area contributed by atoms with Crippen molar-refractivity contribution in [2.75, 3.05) is 13.7 Å². The number of ether oxygens (including phenoxy) is 2. The van der Waals surface area contributed by atoms with Crippen LogP contribution < -0.4 is 9.47 Å². The molecule has 1 aliphatic rings. The van der Waals surface area contributed by atoms with Gasteiger partial charge in [-0.15, -0.1) is 0 Å². The maximum Gasteiger partial charge on any atom is 0.250 e. The molecule has 1 unspecified atom stereocenters. The SMILES string of the molecule is COc1ccc(F)c(OC2=CC(=O)N(C(C)CC(C)C)C2)c1F. The summed E-state index contributed by atoms with van der Waals surface area (Å²) in [5.74, 6) is -1.98. The Kier molecular flexibility index (Phi) is 5.23. The van der Waals surface area contributed by atoms with Crippen molar-refractivity contribution in [1.82, 2.24) is 4.90 Å². The van der Waals surface area contributed by atoms with Crippen molar-refractivity contribution >= 4 is 5.91 Å². The van der Waals surface area contributed by atoms with Crippen molar-refractivity contribution < 1.29 is 23.0 Å². The Labute approximate surface area is 134 Å². The van der Waals surface area contributed by atoms with Crippen LogP contribution in [-0.2, 0) is 4.79 Å². The Morgan fingerprint density at radius 1 is 1.26 bits per heavy atom. The molecule has 0 radical (unpaired) electrons. The van der Waals surface area contributed by atoms with Crippen LogP contribution in [0.2, 0.25) is 0 Å². The fourth-order valence-electron chi connectivity index (χ4n) is 2.65. The maximum absolute atomic E-state index is 14.1. The van der Waals surface area contributed by atoms with Crippen LogP contribution in [0.4, 0.5) is 8.78 Å². The van der Waals surface area contributed by atoms with Gasteiger partial charge in [0.2, 0.25) is 11.6 Å². The Balaban J connectivity index is 2.14. The number of rotatable bonds is 6. The van der Waals surface area contributed by atoms with Crippen molar-refractivity contribution in [3.05, 3.63) is 35.6 Å². The van der Waals surface area contributed by atoms with Gasteiger partial charge in [0.1, 0.15) is 5.76 Å². The van der Waals surface area contributed by atoms with E-state index in [9.17, 15) is 13.6 Å². The average Bonchev–Trinajstić information content (AvgIpc) is 2.84. The number of benzene rings is 1. The first-order chi connectivity index (χ1) is 10.8. The molecule has 1 aromatic rings. The van der Waals surface area contributed by atoms with Crippen molar-refractivity contribution in [1.29, 1.82) is 0 Å². The molecule has 0 spiro atoms. The smallest absolute Gasteiger partial charge is 0.250 e. The van der Waals surface area contributed by atoms with Gasteiger partial charge in [0, 0.05) is 12.1 Å². The Morgan fingerprint density at radius 3 is 2.57 bits per heavy atom. The van der Waals surface area contributed by atoms with Crippen molar-refractivity contribution in [2.45, 2.75) is 33.2 Å². The summed E-state index contributed by atoms with van der Waals surface area (Å²) in [5, 5.41) is 0. The molecule has 126 valence electrons. The third-order valence-corrected chi connectivity index (χ3v) is 3.71. The summed E-state index contributed by atoms with van der Waals surface area (Å²) in [6, 6.07) is 2.27. The van der Waals surface area contributed by atoms with Crippen LogP contribution in [0, 0.1) is 17.6 Å². The number of hydrogen-bond acceptors (Lipinski definition) is 3. The number of nitrogens with zero attached hydrogens (tertiary/aromatic N) is 1. The molecule has 0 fully saturated rings. The Morgan fingerprint density at radius 2 is 1.96 bits per heavy atom. The lowest BCUT2D eigenvalue weighted by atomic mass is 10.0. The molecule has 0 saturated heterocycles. The second-order valence-corrected chi connectivity index (χ2v) is 6.05. The quantitative estimate of drug-likeness (QED) is 0.803. The number of amides is 1. The zero-order valence-electron chi connectivity index (χ0n) is 13.7. The molecular weight excluding hydrogens is 304 g/mol. The summed E-state index contributed by atoms with van der Waals surface area (Å²) >= 11 is 0. The first-order valence-electron chi connectivity index (χ1n) is 7.54. The van der Waals surface area contributed by atoms with Crippen LogP contribution in [0.15, 0.2) is 24.0 Å². The van der Waals surface area contributed by atoms with E-state index in [1.54, 1.807) is 4.90 Å². The van der Waals surface area contributed by atoms with Gasteiger partial charge in [0.25, 0.3) is 5.91 Å². The zero-order valence-corrected chi connectivity index (χ0v) is 13.7. The summed E-state index contributed by atoms with van der Waals surface area (Å²) in [6.07, 6.45) is 2.12. The maximum atomic E-state index is 14.1. The van der Waals surface area contributed by atoms with Gasteiger partial charge >= 0.3 is 0 Å². The molecule has 0 N–H and O–H groups in total. The lowest BCUT2D eigenvalue weighted by molar-refractivity contribution is -0.126. The third kappa shape index (κ3) is 3.81. The molecule has 23 heavy (non-hydrogen) atoms. The molecule has 4 nitrogen and oxygen atoms in total. The van der Waals surface area contributed by atoms with Gasteiger partial charge < -0.3 is 14.4 Å². The highest BCUT2D eigenvalue weighted by Gasteiger charge is 2.29. The van der Waals surface area contributed by atoms with Crippen molar-refractivity contribution in [3.63, 3.8) is 0 Å². The first-order valence-corrected chi connectivity index (χ1v) is 7.54. The van der Waals surface area contributed by atoms with Crippen molar-refractivity contribution in [3.8, 4) is 11.5 Å². The number of methoxy groups -OCH3 is 1. The normalized spacial score (nSPS) is 15.9. The minimum atomic E-state index is -0.922. The molecule has 1 heterocycles. The number of carbonyl (C=O) groups is 1. The van der Waals surface area contributed by atoms with E-state index < -0.39 is 17.4 Å². The third-order valence-electron chi connectivity index (χ3n) is 3.71. The Bertz CT molecular complexity index is 629. The molecule has 0 aromatic heterocycles. The summed E-state index contributed by atoms with van der Waals surface area (Å²) in [7, 11) is 1.29. The highest BCUT2D eigenvalue weighted by Crippen LogP contribution is 2.32. The summed E-state index contributed by atoms with van der Waals surface area (Å²) in [5.41, 5.74) is 0. The minimum absolute atomic E-state index is 0.0276. The molecule has 0 bridgehead atoms. The number of halogens is 2. The molecule has 1 amide bonds. The summed E-state index contributed by atoms with van der Waals surface area (Å²) in [6.45, 7) is 6.29. The fraction of sp³-hybridized carbons (Fsp3) is 0.471. The van der Waals surface area contributed by atoms with Gasteiger partial charge in [-0.1, -0.05) is 13.8 Å².